The van der Waals surface area contributed by atoms with Crippen LogP contribution in [-0.2, 0) is 9.59 Å². The van der Waals surface area contributed by atoms with Crippen molar-refractivity contribution < 1.29 is 19.4 Å². The van der Waals surface area contributed by atoms with Crippen LogP contribution < -0.4 is 15.6 Å². The predicted molar refractivity (Wildman–Crippen MR) is 79.8 cm³/mol. The van der Waals surface area contributed by atoms with Gasteiger partial charge in [-0.1, -0.05) is 6.07 Å². The van der Waals surface area contributed by atoms with E-state index < -0.39 is 11.8 Å². The topological polar surface area (TPSA) is 112 Å². The summed E-state index contributed by atoms with van der Waals surface area (Å²) < 4.78 is 4.97. The van der Waals surface area contributed by atoms with E-state index in [1.54, 1.807) is 25.1 Å². The summed E-state index contributed by atoms with van der Waals surface area (Å²) in [6.07, 6.45) is 1.26. The molecule has 22 heavy (non-hydrogen) atoms. The van der Waals surface area contributed by atoms with Crippen molar-refractivity contribution in [2.24, 2.45) is 16.1 Å². The van der Waals surface area contributed by atoms with Crippen LogP contribution in [0.25, 0.3) is 0 Å². The van der Waals surface area contributed by atoms with E-state index in [1.807, 2.05) is 0 Å². The maximum absolute atomic E-state index is 11.7. The Bertz CT molecular complexity index is 654. The molecule has 0 saturated carbocycles. The molecule has 1 aliphatic heterocycles. The molecule has 0 unspecified atom stereocenters. The summed E-state index contributed by atoms with van der Waals surface area (Å²) in [7, 11) is 1.44. The van der Waals surface area contributed by atoms with Gasteiger partial charge in [-0.3, -0.25) is 9.59 Å². The average Bonchev–Trinajstić information content (AvgIpc) is 2.81. The van der Waals surface area contributed by atoms with E-state index >= 15 is 0 Å². The molecule has 0 bridgehead atoms. The minimum absolute atomic E-state index is 0.0391. The number of carbonyl (C=O) groups excluding carboxylic acids is 2. The van der Waals surface area contributed by atoms with Crippen molar-refractivity contribution >= 4 is 23.7 Å². The van der Waals surface area contributed by atoms with Crippen LogP contribution in [-0.4, -0.2) is 36.0 Å². The summed E-state index contributed by atoms with van der Waals surface area (Å²) in [4.78, 5) is 23.2. The zero-order valence-electron chi connectivity index (χ0n) is 12.2. The Balaban J connectivity index is 1.94. The number of hydrogen-bond acceptors (Lipinski definition) is 6. The van der Waals surface area contributed by atoms with Crippen LogP contribution in [0.15, 0.2) is 28.4 Å². The first-order chi connectivity index (χ1) is 10.5. The quantitative estimate of drug-likeness (QED) is 0.538. The number of amides is 2. The minimum Gasteiger partial charge on any atom is -0.504 e. The van der Waals surface area contributed by atoms with Gasteiger partial charge in [-0.25, -0.2) is 10.9 Å². The number of nitrogens with zero attached hydrogens (tertiary/aromatic N) is 2. The van der Waals surface area contributed by atoms with Crippen molar-refractivity contribution in [2.45, 2.75) is 13.3 Å². The summed E-state index contributed by atoms with van der Waals surface area (Å²) in [5, 5.41) is 17.4. The number of carbonyl (C=O) groups is 2. The first-order valence-electron chi connectivity index (χ1n) is 6.55. The molecule has 0 radical (unpaired) electrons. The molecule has 1 heterocycles. The molecule has 8 nitrogen and oxygen atoms in total. The van der Waals surface area contributed by atoms with Crippen LogP contribution in [0.3, 0.4) is 0 Å². The summed E-state index contributed by atoms with van der Waals surface area (Å²) in [5.74, 6) is -1.05. The van der Waals surface area contributed by atoms with Crippen LogP contribution in [0, 0.1) is 5.92 Å². The smallest absolute Gasteiger partial charge is 0.249 e. The number of para-hydroxylation sites is 1. The van der Waals surface area contributed by atoms with Gasteiger partial charge < -0.3 is 9.84 Å². The van der Waals surface area contributed by atoms with Gasteiger partial charge in [0.2, 0.25) is 11.8 Å². The van der Waals surface area contributed by atoms with Gasteiger partial charge in [-0.05, 0) is 19.1 Å². The molecule has 0 spiro atoms. The number of phenols is 1. The number of hydrazone groups is 2. The Morgan fingerprint density at radius 1 is 1.59 bits per heavy atom. The second kappa shape index (κ2) is 6.70. The zero-order chi connectivity index (χ0) is 16.1. The number of rotatable bonds is 5. The first-order valence-corrected chi connectivity index (χ1v) is 6.55. The molecule has 0 aromatic heterocycles. The van der Waals surface area contributed by atoms with Gasteiger partial charge in [0.1, 0.15) is 0 Å². The number of aromatic hydroxyl groups is 1. The predicted octanol–water partition coefficient (Wildman–Crippen LogP) is 0.363. The number of benzene rings is 1. The van der Waals surface area contributed by atoms with E-state index in [2.05, 4.69) is 21.1 Å². The van der Waals surface area contributed by atoms with Gasteiger partial charge in [0.15, 0.2) is 11.5 Å². The summed E-state index contributed by atoms with van der Waals surface area (Å²) >= 11 is 0. The molecule has 2 rings (SSSR count). The van der Waals surface area contributed by atoms with Crippen LogP contribution in [0.4, 0.5) is 0 Å². The highest BCUT2D eigenvalue weighted by Crippen LogP contribution is 2.27. The summed E-state index contributed by atoms with van der Waals surface area (Å²) in [6, 6.07) is 4.91. The fourth-order valence-electron chi connectivity index (χ4n) is 1.94. The van der Waals surface area contributed by atoms with Gasteiger partial charge in [0.25, 0.3) is 0 Å². The lowest BCUT2D eigenvalue weighted by Gasteiger charge is -2.06. The molecular weight excluding hydrogens is 288 g/mol. The monoisotopic (exact) mass is 304 g/mol. The second-order valence-corrected chi connectivity index (χ2v) is 4.68. The van der Waals surface area contributed by atoms with Crippen molar-refractivity contribution in [1.29, 1.82) is 0 Å². The minimum atomic E-state index is -0.569. The molecular formula is C14H16N4O4. The number of nitrogens with one attached hydrogen (secondary N) is 2. The van der Waals surface area contributed by atoms with E-state index in [1.165, 1.54) is 13.3 Å². The molecule has 1 aliphatic rings. The van der Waals surface area contributed by atoms with Crippen LogP contribution in [0.5, 0.6) is 11.5 Å². The largest absolute Gasteiger partial charge is 0.504 e. The van der Waals surface area contributed by atoms with Crippen LogP contribution >= 0.6 is 0 Å². The Labute approximate surface area is 126 Å². The Hall–Kier alpha value is -2.90. The van der Waals surface area contributed by atoms with E-state index in [0.717, 1.165) is 0 Å². The molecule has 1 aromatic carbocycles. The molecule has 1 aromatic rings. The molecule has 2 amide bonds. The van der Waals surface area contributed by atoms with Gasteiger partial charge in [-0.15, -0.1) is 0 Å². The third kappa shape index (κ3) is 3.40. The standard InChI is InChI=1S/C14H16N4O4/c1-8-10(14(21)18-16-8)6-12(19)17-15-7-9-4-3-5-11(22-2)13(9)20/h3-5,7,10,20H,6H2,1-2H3,(H,17,19)(H,18,21)/b15-7-/t10-/m1/s1. The lowest BCUT2D eigenvalue weighted by molar-refractivity contribution is -0.127. The van der Waals surface area contributed by atoms with E-state index in [0.29, 0.717) is 17.0 Å². The van der Waals surface area contributed by atoms with Crippen molar-refractivity contribution in [3.63, 3.8) is 0 Å². The number of hydrogen-bond donors (Lipinski definition) is 3. The van der Waals surface area contributed by atoms with E-state index in [-0.39, 0.29) is 18.1 Å². The molecule has 1 atom stereocenters. The van der Waals surface area contributed by atoms with E-state index in [9.17, 15) is 14.7 Å². The fourth-order valence-corrected chi connectivity index (χ4v) is 1.94. The average molecular weight is 304 g/mol. The second-order valence-electron chi connectivity index (χ2n) is 4.68. The van der Waals surface area contributed by atoms with Crippen molar-refractivity contribution in [3.8, 4) is 11.5 Å². The number of methoxy groups -OCH3 is 1. The fraction of sp³-hybridized carbons (Fsp3) is 0.286. The number of phenolic OH excluding ortho intramolecular Hbond substituents is 1. The Morgan fingerprint density at radius 3 is 3.00 bits per heavy atom. The van der Waals surface area contributed by atoms with Gasteiger partial charge >= 0.3 is 0 Å². The molecule has 3 N–H and O–H groups in total. The number of ether oxygens (including phenoxy) is 1. The van der Waals surface area contributed by atoms with Crippen LogP contribution in [0.1, 0.15) is 18.9 Å². The maximum atomic E-state index is 11.7. The molecule has 0 fully saturated rings. The molecule has 0 aliphatic carbocycles. The van der Waals surface area contributed by atoms with E-state index in [4.69, 9.17) is 4.74 Å². The summed E-state index contributed by atoms with van der Waals surface area (Å²) in [6.45, 7) is 1.67. The SMILES string of the molecule is COc1cccc(/C=N\NC(=O)C[C@H]2C(=O)NN=C2C)c1O. The van der Waals surface area contributed by atoms with Crippen molar-refractivity contribution in [3.05, 3.63) is 23.8 Å². The normalized spacial score (nSPS) is 17.3. The molecule has 116 valence electrons. The molecule has 0 saturated heterocycles. The van der Waals surface area contributed by atoms with Crippen molar-refractivity contribution in [2.75, 3.05) is 7.11 Å². The highest BCUT2D eigenvalue weighted by Gasteiger charge is 2.28. The highest BCUT2D eigenvalue weighted by atomic mass is 16.5. The Kier molecular flexibility index (Phi) is 4.72. The third-order valence-electron chi connectivity index (χ3n) is 3.20. The lowest BCUT2D eigenvalue weighted by atomic mass is 10.0. The third-order valence-corrected chi connectivity index (χ3v) is 3.20. The van der Waals surface area contributed by atoms with Gasteiger partial charge in [0.05, 0.1) is 19.2 Å². The lowest BCUT2D eigenvalue weighted by Crippen LogP contribution is -2.29. The zero-order valence-corrected chi connectivity index (χ0v) is 12.2. The van der Waals surface area contributed by atoms with Crippen molar-refractivity contribution in [1.82, 2.24) is 10.9 Å². The first kappa shape index (κ1) is 15.5. The summed E-state index contributed by atoms with van der Waals surface area (Å²) in [5.41, 5.74) is 5.58. The van der Waals surface area contributed by atoms with Gasteiger partial charge in [0, 0.05) is 17.7 Å². The highest BCUT2D eigenvalue weighted by molar-refractivity contribution is 6.09. The van der Waals surface area contributed by atoms with Crippen LogP contribution in [0.2, 0.25) is 0 Å². The van der Waals surface area contributed by atoms with Gasteiger partial charge in [-0.2, -0.15) is 10.2 Å². The molecule has 8 heteroatoms. The Morgan fingerprint density at radius 2 is 2.36 bits per heavy atom. The maximum Gasteiger partial charge on any atom is 0.249 e.